The van der Waals surface area contributed by atoms with Crippen LogP contribution in [-0.4, -0.2) is 23.7 Å². The van der Waals surface area contributed by atoms with E-state index in [1.165, 1.54) is 5.56 Å². The predicted octanol–water partition coefficient (Wildman–Crippen LogP) is 2.97. The van der Waals surface area contributed by atoms with Gasteiger partial charge in [-0.05, 0) is 24.5 Å². The van der Waals surface area contributed by atoms with Crippen LogP contribution >= 0.6 is 0 Å². The molecule has 0 aromatic carbocycles. The Morgan fingerprint density at radius 2 is 1.94 bits per heavy atom. The Hall–Kier alpha value is -1.09. The molecule has 0 spiro atoms. The fraction of sp³-hybridized carbons (Fsp3) is 0.643. The normalized spacial score (nSPS) is 13.1. The van der Waals surface area contributed by atoms with Crippen molar-refractivity contribution in [3.63, 3.8) is 0 Å². The van der Waals surface area contributed by atoms with Crippen LogP contribution < -0.4 is 10.1 Å². The van der Waals surface area contributed by atoms with E-state index in [9.17, 15) is 0 Å². The van der Waals surface area contributed by atoms with Crippen molar-refractivity contribution < 1.29 is 4.74 Å². The van der Waals surface area contributed by atoms with Crippen molar-refractivity contribution in [2.75, 3.05) is 6.54 Å². The van der Waals surface area contributed by atoms with Crippen LogP contribution in [0.5, 0.6) is 5.88 Å². The molecule has 0 saturated heterocycles. The second-order valence-electron chi connectivity index (χ2n) is 5.07. The number of hydrogen-bond acceptors (Lipinski definition) is 3. The van der Waals surface area contributed by atoms with Gasteiger partial charge in [-0.2, -0.15) is 0 Å². The summed E-state index contributed by atoms with van der Waals surface area (Å²) in [4.78, 5) is 4.24. The second kappa shape index (κ2) is 6.60. The number of aromatic nitrogens is 1. The monoisotopic (exact) mass is 236 g/mol. The molecule has 17 heavy (non-hydrogen) atoms. The van der Waals surface area contributed by atoms with Crippen LogP contribution in [0.15, 0.2) is 18.3 Å². The average molecular weight is 236 g/mol. The summed E-state index contributed by atoms with van der Waals surface area (Å²) < 4.78 is 5.78. The smallest absolute Gasteiger partial charge is 0.213 e. The number of rotatable bonds is 6. The van der Waals surface area contributed by atoms with Gasteiger partial charge in [-0.15, -0.1) is 0 Å². The largest absolute Gasteiger partial charge is 0.473 e. The van der Waals surface area contributed by atoms with Gasteiger partial charge in [0.15, 0.2) is 0 Å². The van der Waals surface area contributed by atoms with E-state index >= 15 is 0 Å². The zero-order valence-electron chi connectivity index (χ0n) is 11.5. The summed E-state index contributed by atoms with van der Waals surface area (Å²) in [6.45, 7) is 11.5. The summed E-state index contributed by atoms with van der Waals surface area (Å²) in [5.41, 5.74) is 1.26. The van der Waals surface area contributed by atoms with E-state index in [-0.39, 0.29) is 6.10 Å². The number of ether oxygens (including phenoxy) is 1. The van der Waals surface area contributed by atoms with Crippen molar-refractivity contribution in [3.8, 4) is 5.88 Å². The molecule has 1 aromatic rings. The highest BCUT2D eigenvalue weighted by atomic mass is 16.5. The van der Waals surface area contributed by atoms with Crippen molar-refractivity contribution in [2.24, 2.45) is 0 Å². The summed E-state index contributed by atoms with van der Waals surface area (Å²) in [6.07, 6.45) is 1.94. The molecule has 1 atom stereocenters. The highest BCUT2D eigenvalue weighted by molar-refractivity contribution is 5.23. The van der Waals surface area contributed by atoms with Crippen LogP contribution in [0.2, 0.25) is 0 Å². The summed E-state index contributed by atoms with van der Waals surface area (Å²) in [5, 5.41) is 3.35. The van der Waals surface area contributed by atoms with E-state index in [2.05, 4.69) is 44.9 Å². The number of nitrogens with one attached hydrogen (secondary N) is 1. The molecule has 1 aromatic heterocycles. The molecule has 0 saturated carbocycles. The molecule has 1 heterocycles. The van der Waals surface area contributed by atoms with Gasteiger partial charge in [0, 0.05) is 24.8 Å². The second-order valence-corrected chi connectivity index (χ2v) is 5.07. The Kier molecular flexibility index (Phi) is 5.42. The molecule has 0 aliphatic rings. The molecule has 0 amide bonds. The van der Waals surface area contributed by atoms with Gasteiger partial charge >= 0.3 is 0 Å². The maximum Gasteiger partial charge on any atom is 0.213 e. The van der Waals surface area contributed by atoms with Crippen LogP contribution in [0.3, 0.4) is 0 Å². The lowest BCUT2D eigenvalue weighted by Gasteiger charge is -2.17. The number of hydrogen-bond donors (Lipinski definition) is 1. The molecule has 1 rings (SSSR count). The maximum absolute atomic E-state index is 5.78. The molecule has 0 unspecified atom stereocenters. The summed E-state index contributed by atoms with van der Waals surface area (Å²) in [7, 11) is 0. The maximum atomic E-state index is 5.78. The predicted molar refractivity (Wildman–Crippen MR) is 71.6 cm³/mol. The molecule has 0 aliphatic carbocycles. The Labute approximate surface area is 105 Å². The minimum absolute atomic E-state index is 0.132. The Bertz CT molecular complexity index is 337. The Morgan fingerprint density at radius 3 is 2.53 bits per heavy atom. The van der Waals surface area contributed by atoms with Crippen LogP contribution in [-0.2, 0) is 0 Å². The molecule has 0 fully saturated rings. The van der Waals surface area contributed by atoms with Crippen LogP contribution in [0, 0.1) is 0 Å². The van der Waals surface area contributed by atoms with Crippen molar-refractivity contribution in [2.45, 2.75) is 52.7 Å². The molecule has 0 bridgehead atoms. The highest BCUT2D eigenvalue weighted by Gasteiger charge is 2.07. The van der Waals surface area contributed by atoms with E-state index < -0.39 is 0 Å². The van der Waals surface area contributed by atoms with Crippen LogP contribution in [0.25, 0.3) is 0 Å². The molecule has 3 nitrogen and oxygen atoms in total. The van der Waals surface area contributed by atoms with E-state index in [4.69, 9.17) is 4.74 Å². The first-order valence-electron chi connectivity index (χ1n) is 6.35. The zero-order chi connectivity index (χ0) is 12.8. The topological polar surface area (TPSA) is 34.1 Å². The average Bonchev–Trinajstić information content (AvgIpc) is 2.26. The molecule has 1 N–H and O–H groups in total. The molecule has 0 aliphatic heterocycles. The standard InChI is InChI=1S/C14H24N2O/c1-10(2)13-6-7-15-14(8-13)17-12(5)9-16-11(3)4/h6-8,10-12,16H,9H2,1-5H3/t12-/m0/s1. The van der Waals surface area contributed by atoms with E-state index in [0.717, 1.165) is 6.54 Å². The van der Waals surface area contributed by atoms with Crippen molar-refractivity contribution >= 4 is 0 Å². The SMILES string of the molecule is CC(C)NC[C@H](C)Oc1cc(C(C)C)ccn1. The minimum Gasteiger partial charge on any atom is -0.473 e. The van der Waals surface area contributed by atoms with Gasteiger partial charge in [0.25, 0.3) is 0 Å². The fourth-order valence-electron chi connectivity index (χ4n) is 1.50. The van der Waals surface area contributed by atoms with Crippen LogP contribution in [0.1, 0.15) is 46.1 Å². The van der Waals surface area contributed by atoms with Gasteiger partial charge in [-0.1, -0.05) is 27.7 Å². The minimum atomic E-state index is 0.132. The van der Waals surface area contributed by atoms with Gasteiger partial charge in [0.2, 0.25) is 5.88 Å². The highest BCUT2D eigenvalue weighted by Crippen LogP contribution is 2.18. The lowest BCUT2D eigenvalue weighted by Crippen LogP contribution is -2.33. The lowest BCUT2D eigenvalue weighted by atomic mass is 10.1. The van der Waals surface area contributed by atoms with Gasteiger partial charge in [0.05, 0.1) is 0 Å². The third kappa shape index (κ3) is 5.18. The quantitative estimate of drug-likeness (QED) is 0.824. The molecular formula is C14H24N2O. The van der Waals surface area contributed by atoms with E-state index in [1.54, 1.807) is 0 Å². The first-order valence-corrected chi connectivity index (χ1v) is 6.35. The summed E-state index contributed by atoms with van der Waals surface area (Å²) in [6, 6.07) is 4.54. The Morgan fingerprint density at radius 1 is 1.24 bits per heavy atom. The van der Waals surface area contributed by atoms with Crippen LogP contribution in [0.4, 0.5) is 0 Å². The summed E-state index contributed by atoms with van der Waals surface area (Å²) >= 11 is 0. The first kappa shape index (κ1) is 14.0. The van der Waals surface area contributed by atoms with Crippen molar-refractivity contribution in [3.05, 3.63) is 23.9 Å². The van der Waals surface area contributed by atoms with E-state index in [1.807, 2.05) is 18.3 Å². The molecular weight excluding hydrogens is 212 g/mol. The van der Waals surface area contributed by atoms with E-state index in [0.29, 0.717) is 17.8 Å². The molecule has 0 radical (unpaired) electrons. The molecule has 96 valence electrons. The first-order chi connectivity index (χ1) is 7.99. The van der Waals surface area contributed by atoms with Crippen molar-refractivity contribution in [1.29, 1.82) is 0 Å². The third-order valence-electron chi connectivity index (χ3n) is 2.56. The van der Waals surface area contributed by atoms with Crippen molar-refractivity contribution in [1.82, 2.24) is 10.3 Å². The van der Waals surface area contributed by atoms with Gasteiger partial charge < -0.3 is 10.1 Å². The number of nitrogens with zero attached hydrogens (tertiary/aromatic N) is 1. The third-order valence-corrected chi connectivity index (χ3v) is 2.56. The van der Waals surface area contributed by atoms with Gasteiger partial charge in [-0.3, -0.25) is 0 Å². The number of pyridine rings is 1. The lowest BCUT2D eigenvalue weighted by molar-refractivity contribution is 0.205. The zero-order valence-corrected chi connectivity index (χ0v) is 11.5. The molecule has 3 heteroatoms. The van der Waals surface area contributed by atoms with Gasteiger partial charge in [-0.25, -0.2) is 4.98 Å². The van der Waals surface area contributed by atoms with Gasteiger partial charge in [0.1, 0.15) is 6.10 Å². The Balaban J connectivity index is 2.53. The summed E-state index contributed by atoms with van der Waals surface area (Å²) in [5.74, 6) is 1.22. The fourth-order valence-corrected chi connectivity index (χ4v) is 1.50.